The first kappa shape index (κ1) is 74.4. The standard InChI is InChI=1S/C71H130O6/c1-4-7-10-13-16-19-22-25-28-30-32-34-35-36-37-38-40-41-43-46-49-52-55-58-61-64-70(73)76-67-68(66-75-69(72)63-60-57-54-51-48-45-27-24-21-18-15-12-9-6-3)77-71(74)65-62-59-56-53-50-47-44-42-39-33-31-29-26-23-20-17-14-11-8-5-2/h7,10,16,19,25,28,32,34,68H,4-6,8-9,11-15,17-18,20-24,26-27,29-31,33,35-67H2,1-3H3/b10-7-,19-16-,28-25-,34-32-. The van der Waals surface area contributed by atoms with Crippen molar-refractivity contribution in [3.8, 4) is 0 Å². The lowest BCUT2D eigenvalue weighted by molar-refractivity contribution is -0.167. The van der Waals surface area contributed by atoms with Gasteiger partial charge in [0, 0.05) is 19.3 Å². The van der Waals surface area contributed by atoms with E-state index in [1.165, 1.54) is 244 Å². The van der Waals surface area contributed by atoms with Gasteiger partial charge in [-0.2, -0.15) is 0 Å². The quantitative estimate of drug-likeness (QED) is 0.0261. The molecule has 1 unspecified atom stereocenters. The minimum Gasteiger partial charge on any atom is -0.462 e. The zero-order chi connectivity index (χ0) is 55.7. The lowest BCUT2D eigenvalue weighted by atomic mass is 10.0. The molecule has 6 heteroatoms. The fourth-order valence-corrected chi connectivity index (χ4v) is 10.3. The second kappa shape index (κ2) is 65.9. The van der Waals surface area contributed by atoms with Gasteiger partial charge in [0.2, 0.25) is 0 Å². The highest BCUT2D eigenvalue weighted by Crippen LogP contribution is 2.18. The number of unbranched alkanes of at least 4 members (excludes halogenated alkanes) is 44. The summed E-state index contributed by atoms with van der Waals surface area (Å²) in [5.41, 5.74) is 0. The molecular formula is C71H130O6. The number of esters is 3. The summed E-state index contributed by atoms with van der Waals surface area (Å²) < 4.78 is 17.0. The minimum absolute atomic E-state index is 0.0671. The van der Waals surface area contributed by atoms with E-state index in [9.17, 15) is 14.4 Å². The van der Waals surface area contributed by atoms with Gasteiger partial charge < -0.3 is 14.2 Å². The van der Waals surface area contributed by atoms with Crippen molar-refractivity contribution < 1.29 is 28.6 Å². The van der Waals surface area contributed by atoms with E-state index in [4.69, 9.17) is 14.2 Å². The number of carbonyl (C=O) groups excluding carboxylic acids is 3. The van der Waals surface area contributed by atoms with Gasteiger partial charge in [0.15, 0.2) is 6.10 Å². The second-order valence-corrected chi connectivity index (χ2v) is 23.1. The van der Waals surface area contributed by atoms with Crippen LogP contribution in [-0.4, -0.2) is 37.2 Å². The molecule has 0 heterocycles. The largest absolute Gasteiger partial charge is 0.462 e. The fraction of sp³-hybridized carbons (Fsp3) is 0.845. The first-order chi connectivity index (χ1) is 38.0. The van der Waals surface area contributed by atoms with E-state index in [2.05, 4.69) is 69.4 Å². The molecule has 0 bridgehead atoms. The Balaban J connectivity index is 4.26. The number of hydrogen-bond acceptors (Lipinski definition) is 6. The van der Waals surface area contributed by atoms with Crippen molar-refractivity contribution in [1.29, 1.82) is 0 Å². The lowest BCUT2D eigenvalue weighted by Crippen LogP contribution is -2.30. The maximum absolute atomic E-state index is 12.9. The van der Waals surface area contributed by atoms with E-state index < -0.39 is 6.10 Å². The molecule has 0 fully saturated rings. The van der Waals surface area contributed by atoms with Gasteiger partial charge in [-0.3, -0.25) is 14.4 Å². The molecule has 1 atom stereocenters. The van der Waals surface area contributed by atoms with Gasteiger partial charge in [0.05, 0.1) is 0 Å². The molecule has 0 radical (unpaired) electrons. The Morgan fingerprint density at radius 2 is 0.506 bits per heavy atom. The number of hydrogen-bond donors (Lipinski definition) is 0. The Kier molecular flexibility index (Phi) is 63.6. The highest BCUT2D eigenvalue weighted by Gasteiger charge is 2.19. The van der Waals surface area contributed by atoms with E-state index in [1.54, 1.807) is 0 Å². The zero-order valence-electron chi connectivity index (χ0n) is 51.7. The summed E-state index contributed by atoms with van der Waals surface area (Å²) in [6, 6.07) is 0. The molecule has 77 heavy (non-hydrogen) atoms. The summed E-state index contributed by atoms with van der Waals surface area (Å²) in [5.74, 6) is -0.841. The number of allylic oxidation sites excluding steroid dienone is 8. The Morgan fingerprint density at radius 1 is 0.273 bits per heavy atom. The van der Waals surface area contributed by atoms with Crippen molar-refractivity contribution in [2.24, 2.45) is 0 Å². The molecule has 0 aliphatic heterocycles. The molecule has 0 aliphatic rings. The summed E-state index contributed by atoms with van der Waals surface area (Å²) in [4.78, 5) is 38.4. The van der Waals surface area contributed by atoms with E-state index in [0.29, 0.717) is 19.3 Å². The van der Waals surface area contributed by atoms with Crippen LogP contribution in [0.1, 0.15) is 367 Å². The summed E-state index contributed by atoms with van der Waals surface area (Å²) in [5, 5.41) is 0. The third kappa shape index (κ3) is 64.1. The van der Waals surface area contributed by atoms with Crippen molar-refractivity contribution in [3.05, 3.63) is 48.6 Å². The molecule has 0 aromatic carbocycles. The molecule has 0 aromatic heterocycles. The van der Waals surface area contributed by atoms with Crippen LogP contribution in [0.3, 0.4) is 0 Å². The average molecular weight is 1080 g/mol. The lowest BCUT2D eigenvalue weighted by Gasteiger charge is -2.18. The highest BCUT2D eigenvalue weighted by molar-refractivity contribution is 5.71. The van der Waals surface area contributed by atoms with Crippen molar-refractivity contribution in [2.45, 2.75) is 374 Å². The second-order valence-electron chi connectivity index (χ2n) is 23.1. The molecule has 0 spiro atoms. The molecule has 0 saturated carbocycles. The van der Waals surface area contributed by atoms with Crippen LogP contribution in [0, 0.1) is 0 Å². The topological polar surface area (TPSA) is 78.9 Å². The van der Waals surface area contributed by atoms with Gasteiger partial charge in [-0.05, 0) is 57.8 Å². The van der Waals surface area contributed by atoms with Crippen LogP contribution >= 0.6 is 0 Å². The van der Waals surface area contributed by atoms with Gasteiger partial charge >= 0.3 is 17.9 Å². The number of carbonyl (C=O) groups is 3. The predicted molar refractivity (Wildman–Crippen MR) is 335 cm³/mol. The molecule has 0 rings (SSSR count). The number of rotatable bonds is 63. The normalized spacial score (nSPS) is 12.3. The van der Waals surface area contributed by atoms with E-state index in [0.717, 1.165) is 83.5 Å². The zero-order valence-corrected chi connectivity index (χ0v) is 51.7. The maximum Gasteiger partial charge on any atom is 0.306 e. The van der Waals surface area contributed by atoms with Crippen molar-refractivity contribution in [1.82, 2.24) is 0 Å². The van der Waals surface area contributed by atoms with E-state index in [-0.39, 0.29) is 31.1 Å². The third-order valence-corrected chi connectivity index (χ3v) is 15.3. The molecule has 450 valence electrons. The van der Waals surface area contributed by atoms with E-state index >= 15 is 0 Å². The van der Waals surface area contributed by atoms with Crippen LogP contribution in [0.25, 0.3) is 0 Å². The van der Waals surface area contributed by atoms with Crippen molar-refractivity contribution in [3.63, 3.8) is 0 Å². The SMILES string of the molecule is CC/C=C\C/C=C\C/C=C\C/C=C\CCCCCCCCCCCCCCC(=O)OCC(COC(=O)CCCCCCCCCCCCCCCC)OC(=O)CCCCCCCCCCCCCCCCCCCCCC. The predicted octanol–water partition coefficient (Wildman–Crippen LogP) is 23.3. The van der Waals surface area contributed by atoms with E-state index in [1.807, 2.05) is 0 Å². The van der Waals surface area contributed by atoms with Crippen LogP contribution in [-0.2, 0) is 28.6 Å². The molecule has 0 N–H and O–H groups in total. The summed E-state index contributed by atoms with van der Waals surface area (Å²) >= 11 is 0. The molecule has 0 amide bonds. The van der Waals surface area contributed by atoms with Gasteiger partial charge in [0.1, 0.15) is 13.2 Å². The van der Waals surface area contributed by atoms with Crippen molar-refractivity contribution in [2.75, 3.05) is 13.2 Å². The maximum atomic E-state index is 12.9. The Labute approximate surface area is 479 Å². The summed E-state index contributed by atoms with van der Waals surface area (Å²) in [6.07, 6.45) is 82.7. The van der Waals surface area contributed by atoms with Gasteiger partial charge in [0.25, 0.3) is 0 Å². The molecule has 0 saturated heterocycles. The summed E-state index contributed by atoms with van der Waals surface area (Å²) in [6.45, 7) is 6.60. The Bertz CT molecular complexity index is 1330. The summed E-state index contributed by atoms with van der Waals surface area (Å²) in [7, 11) is 0. The molecule has 0 aromatic rings. The molecule has 6 nitrogen and oxygen atoms in total. The van der Waals surface area contributed by atoms with Crippen LogP contribution < -0.4 is 0 Å². The van der Waals surface area contributed by atoms with Crippen LogP contribution in [0.15, 0.2) is 48.6 Å². The first-order valence-electron chi connectivity index (χ1n) is 34.1. The first-order valence-corrected chi connectivity index (χ1v) is 34.1. The van der Waals surface area contributed by atoms with Gasteiger partial charge in [-0.1, -0.05) is 339 Å². The van der Waals surface area contributed by atoms with Crippen LogP contribution in [0.5, 0.6) is 0 Å². The minimum atomic E-state index is -0.770. The molecular weight excluding hydrogens is 949 g/mol. The number of ether oxygens (including phenoxy) is 3. The fourth-order valence-electron chi connectivity index (χ4n) is 10.3. The third-order valence-electron chi connectivity index (χ3n) is 15.3. The Hall–Kier alpha value is -2.63. The average Bonchev–Trinajstić information content (AvgIpc) is 3.43. The van der Waals surface area contributed by atoms with Crippen LogP contribution in [0.4, 0.5) is 0 Å². The van der Waals surface area contributed by atoms with Gasteiger partial charge in [-0.25, -0.2) is 0 Å². The van der Waals surface area contributed by atoms with Crippen molar-refractivity contribution >= 4 is 17.9 Å². The molecule has 0 aliphatic carbocycles. The smallest absolute Gasteiger partial charge is 0.306 e. The monoisotopic (exact) mass is 1080 g/mol. The highest BCUT2D eigenvalue weighted by atomic mass is 16.6. The van der Waals surface area contributed by atoms with Crippen LogP contribution in [0.2, 0.25) is 0 Å². The Morgan fingerprint density at radius 3 is 0.792 bits per heavy atom. The van der Waals surface area contributed by atoms with Gasteiger partial charge in [-0.15, -0.1) is 0 Å².